The minimum absolute atomic E-state index is 0.123. The molecule has 0 radical (unpaired) electrons. The van der Waals surface area contributed by atoms with Gasteiger partial charge in [-0.15, -0.1) is 0 Å². The zero-order valence-electron chi connectivity index (χ0n) is 8.13. The van der Waals surface area contributed by atoms with Gasteiger partial charge in [-0.1, -0.05) is 11.6 Å². The van der Waals surface area contributed by atoms with Gasteiger partial charge in [-0.3, -0.25) is 0 Å². The minimum atomic E-state index is -1.11. The summed E-state index contributed by atoms with van der Waals surface area (Å²) < 4.78 is 0. The van der Waals surface area contributed by atoms with Gasteiger partial charge >= 0.3 is 5.97 Å². The number of nitrogens with zero attached hydrogens (tertiary/aromatic N) is 2. The first-order valence-corrected chi connectivity index (χ1v) is 4.64. The molecule has 0 bridgehead atoms. The highest BCUT2D eigenvalue weighted by Crippen LogP contribution is 2.24. The molecule has 0 saturated heterocycles. The number of halogens is 1. The molecular weight excluding hydrogens is 218 g/mol. The van der Waals surface area contributed by atoms with Gasteiger partial charge in [0, 0.05) is 0 Å². The van der Waals surface area contributed by atoms with E-state index in [2.05, 4.69) is 15.0 Å². The normalized spacial score (nSPS) is 10.9. The Kier molecular flexibility index (Phi) is 2.12. The lowest BCUT2D eigenvalue weighted by Gasteiger charge is -2.01. The molecular formula is C9H8ClN3O2. The van der Waals surface area contributed by atoms with Crippen molar-refractivity contribution in [1.82, 2.24) is 15.0 Å². The number of aromatic amines is 1. The van der Waals surface area contributed by atoms with Crippen molar-refractivity contribution in [3.05, 3.63) is 22.1 Å². The zero-order chi connectivity index (χ0) is 11.2. The predicted octanol–water partition coefficient (Wildman–Crippen LogP) is 1.93. The van der Waals surface area contributed by atoms with E-state index < -0.39 is 5.97 Å². The number of aromatic carboxylic acids is 1. The van der Waals surface area contributed by atoms with Crippen LogP contribution in [0.25, 0.3) is 11.2 Å². The Morgan fingerprint density at radius 3 is 2.67 bits per heavy atom. The van der Waals surface area contributed by atoms with Gasteiger partial charge in [-0.25, -0.2) is 14.8 Å². The Hall–Kier alpha value is -1.62. The number of rotatable bonds is 1. The molecule has 0 unspecified atom stereocenters. The van der Waals surface area contributed by atoms with Crippen molar-refractivity contribution in [2.75, 3.05) is 0 Å². The summed E-state index contributed by atoms with van der Waals surface area (Å²) in [4.78, 5) is 21.3. The molecule has 0 spiro atoms. The van der Waals surface area contributed by atoms with Gasteiger partial charge in [0.2, 0.25) is 5.82 Å². The molecule has 15 heavy (non-hydrogen) atoms. The van der Waals surface area contributed by atoms with Crippen molar-refractivity contribution in [1.29, 1.82) is 0 Å². The Labute approximate surface area is 90.1 Å². The third kappa shape index (κ3) is 1.45. The maximum Gasteiger partial charge on any atom is 0.371 e. The maximum atomic E-state index is 10.7. The van der Waals surface area contributed by atoms with E-state index in [-0.39, 0.29) is 5.82 Å². The first-order valence-electron chi connectivity index (χ1n) is 4.26. The van der Waals surface area contributed by atoms with Crippen molar-refractivity contribution in [2.45, 2.75) is 13.8 Å². The zero-order valence-corrected chi connectivity index (χ0v) is 8.88. The summed E-state index contributed by atoms with van der Waals surface area (Å²) >= 11 is 5.99. The van der Waals surface area contributed by atoms with Crippen molar-refractivity contribution in [3.63, 3.8) is 0 Å². The molecule has 0 saturated carbocycles. The van der Waals surface area contributed by atoms with Crippen LogP contribution in [0.1, 0.15) is 21.9 Å². The van der Waals surface area contributed by atoms with Crippen LogP contribution in [0.4, 0.5) is 0 Å². The SMILES string of the molecule is Cc1nc2nc(C(=O)O)[nH]c2c(C)c1Cl. The Bertz CT molecular complexity index is 562. The number of aryl methyl sites for hydroxylation is 2. The first-order chi connectivity index (χ1) is 7.00. The van der Waals surface area contributed by atoms with Crippen molar-refractivity contribution in [2.24, 2.45) is 0 Å². The third-order valence-electron chi connectivity index (χ3n) is 2.18. The molecule has 2 N–H and O–H groups in total. The van der Waals surface area contributed by atoms with Crippen molar-refractivity contribution < 1.29 is 9.90 Å². The van der Waals surface area contributed by atoms with Gasteiger partial charge in [0.15, 0.2) is 5.65 Å². The second-order valence-electron chi connectivity index (χ2n) is 3.23. The lowest BCUT2D eigenvalue weighted by Crippen LogP contribution is -1.97. The Balaban J connectivity index is 2.82. The summed E-state index contributed by atoms with van der Waals surface area (Å²) in [6.45, 7) is 3.55. The van der Waals surface area contributed by atoms with Crippen LogP contribution < -0.4 is 0 Å². The van der Waals surface area contributed by atoms with E-state index in [4.69, 9.17) is 16.7 Å². The number of carboxylic acid groups (broad SMARTS) is 1. The lowest BCUT2D eigenvalue weighted by atomic mass is 10.2. The second-order valence-corrected chi connectivity index (χ2v) is 3.60. The summed E-state index contributed by atoms with van der Waals surface area (Å²) in [5.41, 5.74) is 2.36. The fourth-order valence-electron chi connectivity index (χ4n) is 1.40. The third-order valence-corrected chi connectivity index (χ3v) is 2.74. The molecule has 5 nitrogen and oxygen atoms in total. The van der Waals surface area contributed by atoms with Gasteiger partial charge in [0.05, 0.1) is 16.2 Å². The van der Waals surface area contributed by atoms with Crippen molar-refractivity contribution in [3.8, 4) is 0 Å². The van der Waals surface area contributed by atoms with Crippen molar-refractivity contribution >= 4 is 28.7 Å². The van der Waals surface area contributed by atoms with Gasteiger partial charge in [-0.2, -0.15) is 0 Å². The molecule has 2 aromatic heterocycles. The number of imidazole rings is 1. The molecule has 78 valence electrons. The van der Waals surface area contributed by atoms with Crippen LogP contribution in [0.3, 0.4) is 0 Å². The molecule has 0 amide bonds. The molecule has 2 rings (SSSR count). The predicted molar refractivity (Wildman–Crippen MR) is 55.3 cm³/mol. The van der Waals surface area contributed by atoms with Crippen LogP contribution in [0.5, 0.6) is 0 Å². The summed E-state index contributed by atoms with van der Waals surface area (Å²) in [6.07, 6.45) is 0. The Morgan fingerprint density at radius 1 is 1.40 bits per heavy atom. The van der Waals surface area contributed by atoms with E-state index in [1.165, 1.54) is 0 Å². The van der Waals surface area contributed by atoms with Crippen LogP contribution in [-0.4, -0.2) is 26.0 Å². The van der Waals surface area contributed by atoms with E-state index in [0.29, 0.717) is 21.9 Å². The van der Waals surface area contributed by atoms with Crippen LogP contribution in [0, 0.1) is 13.8 Å². The van der Waals surface area contributed by atoms with E-state index in [9.17, 15) is 4.79 Å². The second kappa shape index (κ2) is 3.20. The monoisotopic (exact) mass is 225 g/mol. The molecule has 0 fully saturated rings. The summed E-state index contributed by atoms with van der Waals surface area (Å²) in [6, 6.07) is 0. The molecule has 2 heterocycles. The molecule has 0 atom stereocenters. The number of aromatic nitrogens is 3. The number of carboxylic acids is 1. The quantitative estimate of drug-likeness (QED) is 0.777. The van der Waals surface area contributed by atoms with Gasteiger partial charge < -0.3 is 10.1 Å². The van der Waals surface area contributed by atoms with Crippen LogP contribution in [0.15, 0.2) is 0 Å². The van der Waals surface area contributed by atoms with E-state index in [0.717, 1.165) is 5.56 Å². The maximum absolute atomic E-state index is 10.7. The molecule has 6 heteroatoms. The topological polar surface area (TPSA) is 78.9 Å². The molecule has 0 aliphatic carbocycles. The minimum Gasteiger partial charge on any atom is -0.475 e. The molecule has 0 aliphatic heterocycles. The fourth-order valence-corrected chi connectivity index (χ4v) is 1.53. The standard InChI is InChI=1S/C9H8ClN3O2/c1-3-5(10)4(2)11-7-6(3)12-8(13-7)9(14)15/h1-2H3,(H,14,15)(H,11,12,13). The number of nitrogens with one attached hydrogen (secondary N) is 1. The lowest BCUT2D eigenvalue weighted by molar-refractivity contribution is 0.0685. The number of hydrogen-bond acceptors (Lipinski definition) is 3. The largest absolute Gasteiger partial charge is 0.475 e. The Morgan fingerprint density at radius 2 is 2.07 bits per heavy atom. The summed E-state index contributed by atoms with van der Waals surface area (Å²) in [5, 5.41) is 9.29. The average molecular weight is 226 g/mol. The summed E-state index contributed by atoms with van der Waals surface area (Å²) in [5.74, 6) is -1.23. The number of fused-ring (bicyclic) bond motifs is 1. The number of hydrogen-bond donors (Lipinski definition) is 2. The van der Waals surface area contributed by atoms with Crippen LogP contribution in [-0.2, 0) is 0 Å². The number of carbonyl (C=O) groups is 1. The van der Waals surface area contributed by atoms with E-state index in [1.54, 1.807) is 13.8 Å². The number of H-pyrrole nitrogens is 1. The van der Waals surface area contributed by atoms with Gasteiger partial charge in [0.1, 0.15) is 0 Å². The fraction of sp³-hybridized carbons (Fsp3) is 0.222. The number of pyridine rings is 1. The van der Waals surface area contributed by atoms with Crippen LogP contribution >= 0.6 is 11.6 Å². The average Bonchev–Trinajstić information content (AvgIpc) is 2.58. The van der Waals surface area contributed by atoms with Crippen LogP contribution in [0.2, 0.25) is 5.02 Å². The molecule has 2 aromatic rings. The van der Waals surface area contributed by atoms with E-state index >= 15 is 0 Å². The van der Waals surface area contributed by atoms with E-state index in [1.807, 2.05) is 0 Å². The highest BCUT2D eigenvalue weighted by Gasteiger charge is 2.14. The van der Waals surface area contributed by atoms with Gasteiger partial charge in [0.25, 0.3) is 0 Å². The first kappa shape index (κ1) is 9.92. The van der Waals surface area contributed by atoms with Gasteiger partial charge in [-0.05, 0) is 19.4 Å². The highest BCUT2D eigenvalue weighted by molar-refractivity contribution is 6.32. The molecule has 0 aromatic carbocycles. The molecule has 0 aliphatic rings. The smallest absolute Gasteiger partial charge is 0.371 e. The highest BCUT2D eigenvalue weighted by atomic mass is 35.5. The summed E-state index contributed by atoms with van der Waals surface area (Å²) in [7, 11) is 0.